The van der Waals surface area contributed by atoms with E-state index in [9.17, 15) is 19.7 Å². The minimum Gasteiger partial charge on any atom is -0.756 e. The normalized spacial score (nSPS) is 16.1. The number of methoxy groups -OCH3 is 1. The topological polar surface area (TPSA) is 147 Å². The van der Waals surface area contributed by atoms with Crippen LogP contribution >= 0.6 is 7.82 Å². The van der Waals surface area contributed by atoms with Gasteiger partial charge in [0.1, 0.15) is 25.8 Å². The van der Waals surface area contributed by atoms with Crippen LogP contribution in [0, 0.1) is 0 Å². The average molecular weight is 490 g/mol. The van der Waals surface area contributed by atoms with Gasteiger partial charge in [-0.1, -0.05) is 0 Å². The Morgan fingerprint density at radius 2 is 1.34 bits per heavy atom. The van der Waals surface area contributed by atoms with Crippen LogP contribution in [-0.4, -0.2) is 119 Å². The SMILES string of the molecule is COCC(O)COCCCCOCC(O)CCCCOCC[N+](C)(C)CCOP(=O)([O-])O. The van der Waals surface area contributed by atoms with E-state index in [0.29, 0.717) is 57.0 Å². The highest BCUT2D eigenvalue weighted by molar-refractivity contribution is 7.44. The summed E-state index contributed by atoms with van der Waals surface area (Å²) in [7, 11) is 0.725. The molecule has 0 radical (unpaired) electrons. The molecule has 12 heteroatoms. The summed E-state index contributed by atoms with van der Waals surface area (Å²) in [4.78, 5) is 19.2. The second-order valence-corrected chi connectivity index (χ2v) is 9.61. The van der Waals surface area contributed by atoms with Crippen LogP contribution in [0.2, 0.25) is 0 Å². The van der Waals surface area contributed by atoms with Crippen molar-refractivity contribution in [2.45, 2.75) is 44.3 Å². The fourth-order valence-electron chi connectivity index (χ4n) is 2.68. The number of rotatable bonds is 23. The van der Waals surface area contributed by atoms with Crippen LogP contribution < -0.4 is 4.89 Å². The van der Waals surface area contributed by atoms with Gasteiger partial charge in [0.15, 0.2) is 0 Å². The monoisotopic (exact) mass is 489 g/mol. The molecule has 0 aliphatic carbocycles. The zero-order valence-corrected chi connectivity index (χ0v) is 20.7. The van der Waals surface area contributed by atoms with Gasteiger partial charge in [-0.2, -0.15) is 0 Å². The van der Waals surface area contributed by atoms with E-state index in [-0.39, 0.29) is 19.8 Å². The first-order valence-corrected chi connectivity index (χ1v) is 12.6. The summed E-state index contributed by atoms with van der Waals surface area (Å²) in [5.41, 5.74) is 0. The number of phosphoric acid groups is 1. The molecule has 11 nitrogen and oxygen atoms in total. The third-order valence-corrected chi connectivity index (χ3v) is 5.18. The molecule has 3 unspecified atom stereocenters. The molecule has 194 valence electrons. The number of ether oxygens (including phenoxy) is 4. The van der Waals surface area contributed by atoms with Crippen LogP contribution in [0.25, 0.3) is 0 Å². The largest absolute Gasteiger partial charge is 0.756 e. The molecule has 3 N–H and O–H groups in total. The molecule has 0 aromatic rings. The Morgan fingerprint density at radius 1 is 0.812 bits per heavy atom. The van der Waals surface area contributed by atoms with Gasteiger partial charge in [-0.05, 0) is 32.1 Å². The van der Waals surface area contributed by atoms with Gasteiger partial charge >= 0.3 is 0 Å². The van der Waals surface area contributed by atoms with Crippen molar-refractivity contribution >= 4 is 7.82 Å². The fraction of sp³-hybridized carbons (Fsp3) is 1.00. The molecule has 0 aromatic heterocycles. The van der Waals surface area contributed by atoms with Crippen LogP contribution in [-0.2, 0) is 28.0 Å². The molecule has 0 amide bonds. The number of quaternary nitrogens is 1. The summed E-state index contributed by atoms with van der Waals surface area (Å²) >= 11 is 0. The zero-order valence-electron chi connectivity index (χ0n) is 19.9. The smallest absolute Gasteiger partial charge is 0.265 e. The first-order valence-electron chi connectivity index (χ1n) is 11.1. The first-order chi connectivity index (χ1) is 15.1. The summed E-state index contributed by atoms with van der Waals surface area (Å²) in [5.74, 6) is 0. The second-order valence-electron chi connectivity index (χ2n) is 8.41. The maximum Gasteiger partial charge on any atom is 0.265 e. The molecule has 32 heavy (non-hydrogen) atoms. The molecule has 0 spiro atoms. The lowest BCUT2D eigenvalue weighted by Crippen LogP contribution is -2.44. The molecule has 3 atom stereocenters. The third-order valence-electron chi connectivity index (χ3n) is 4.67. The van der Waals surface area contributed by atoms with Gasteiger partial charge in [0.05, 0.1) is 46.6 Å². The average Bonchev–Trinajstić information content (AvgIpc) is 2.68. The van der Waals surface area contributed by atoms with Crippen molar-refractivity contribution in [2.24, 2.45) is 0 Å². The Kier molecular flexibility index (Phi) is 19.1. The fourth-order valence-corrected chi connectivity index (χ4v) is 3.00. The number of aliphatic hydroxyl groups excluding tert-OH is 2. The minimum atomic E-state index is -4.66. The molecule has 0 saturated carbocycles. The molecule has 0 aliphatic heterocycles. The quantitative estimate of drug-likeness (QED) is 0.101. The number of phosphoric ester groups is 1. The van der Waals surface area contributed by atoms with Crippen LogP contribution in [0.3, 0.4) is 0 Å². The second kappa shape index (κ2) is 19.2. The first kappa shape index (κ1) is 31.8. The number of hydrogen-bond donors (Lipinski definition) is 3. The Balaban J connectivity index is 3.46. The summed E-state index contributed by atoms with van der Waals surface area (Å²) in [6.07, 6.45) is 2.90. The van der Waals surface area contributed by atoms with E-state index in [1.54, 1.807) is 0 Å². The van der Waals surface area contributed by atoms with Crippen LogP contribution in [0.4, 0.5) is 0 Å². The van der Waals surface area contributed by atoms with E-state index in [2.05, 4.69) is 4.52 Å². The molecule has 0 rings (SSSR count). The molecule has 0 bridgehead atoms. The number of aliphatic hydroxyl groups is 2. The molecule has 0 aromatic carbocycles. The van der Waals surface area contributed by atoms with E-state index in [1.807, 2.05) is 14.1 Å². The van der Waals surface area contributed by atoms with Crippen molar-refractivity contribution in [3.63, 3.8) is 0 Å². The van der Waals surface area contributed by atoms with Gasteiger partial charge in [0.2, 0.25) is 0 Å². The van der Waals surface area contributed by atoms with Crippen molar-refractivity contribution in [1.29, 1.82) is 0 Å². The maximum absolute atomic E-state index is 10.6. The lowest BCUT2D eigenvalue weighted by molar-refractivity contribution is -0.890. The molecule has 0 fully saturated rings. The lowest BCUT2D eigenvalue weighted by Gasteiger charge is -2.30. The molecule has 0 saturated heterocycles. The summed E-state index contributed by atoms with van der Waals surface area (Å²) < 4.78 is 36.7. The summed E-state index contributed by atoms with van der Waals surface area (Å²) in [6.45, 7) is 4.14. The zero-order chi connectivity index (χ0) is 24.3. The van der Waals surface area contributed by atoms with Crippen molar-refractivity contribution in [3.05, 3.63) is 0 Å². The van der Waals surface area contributed by atoms with Gasteiger partial charge < -0.3 is 48.0 Å². The predicted molar refractivity (Wildman–Crippen MR) is 117 cm³/mol. The summed E-state index contributed by atoms with van der Waals surface area (Å²) in [5, 5.41) is 19.4. The molecule has 0 heterocycles. The van der Waals surface area contributed by atoms with Crippen LogP contribution in [0.15, 0.2) is 0 Å². The van der Waals surface area contributed by atoms with E-state index >= 15 is 0 Å². The van der Waals surface area contributed by atoms with Gasteiger partial charge in [-0.25, -0.2) is 0 Å². The Morgan fingerprint density at radius 3 is 1.94 bits per heavy atom. The standard InChI is InChI=1S/C20H44NO10P/c1-21(2,10-15-31-32(24,25)26)9-14-28-11-5-4-8-19(22)17-29-12-6-7-13-30-18-20(23)16-27-3/h19-20,22-23H,4-18H2,1-3H3,(H-,24,25,26). The number of unbranched alkanes of at least 4 members (excludes halogenated alkanes) is 2. The van der Waals surface area contributed by atoms with Crippen molar-refractivity contribution in [3.8, 4) is 0 Å². The third kappa shape index (κ3) is 23.0. The number of nitrogens with zero attached hydrogens (tertiary/aromatic N) is 1. The maximum atomic E-state index is 10.6. The van der Waals surface area contributed by atoms with Crippen molar-refractivity contribution in [2.75, 3.05) is 87.1 Å². The lowest BCUT2D eigenvalue weighted by atomic mass is 10.2. The van der Waals surface area contributed by atoms with E-state index < -0.39 is 20.0 Å². The molecular weight excluding hydrogens is 445 g/mol. The summed E-state index contributed by atoms with van der Waals surface area (Å²) in [6, 6.07) is 0. The van der Waals surface area contributed by atoms with Gasteiger partial charge in [-0.15, -0.1) is 0 Å². The van der Waals surface area contributed by atoms with E-state index in [4.69, 9.17) is 23.8 Å². The Hall–Kier alpha value is -0.170. The van der Waals surface area contributed by atoms with Crippen LogP contribution in [0.5, 0.6) is 0 Å². The van der Waals surface area contributed by atoms with Gasteiger partial charge in [-0.3, -0.25) is 4.57 Å². The van der Waals surface area contributed by atoms with E-state index in [1.165, 1.54) is 7.11 Å². The highest BCUT2D eigenvalue weighted by atomic mass is 31.2. The van der Waals surface area contributed by atoms with Crippen molar-refractivity contribution < 1.29 is 52.5 Å². The van der Waals surface area contributed by atoms with Gasteiger partial charge in [0.25, 0.3) is 7.82 Å². The van der Waals surface area contributed by atoms with Gasteiger partial charge in [0, 0.05) is 26.9 Å². The minimum absolute atomic E-state index is 0.0724. The highest BCUT2D eigenvalue weighted by Crippen LogP contribution is 2.29. The Bertz CT molecular complexity index is 477. The number of hydrogen-bond acceptors (Lipinski definition) is 9. The predicted octanol–water partition coefficient (Wildman–Crippen LogP) is -0.0914. The molecular formula is C20H44NO10P. The number of likely N-dealkylation sites (N-methyl/N-ethyl adjacent to an activating group) is 1. The molecule has 0 aliphatic rings. The Labute approximate surface area is 192 Å². The van der Waals surface area contributed by atoms with Crippen LogP contribution in [0.1, 0.15) is 32.1 Å². The van der Waals surface area contributed by atoms with E-state index in [0.717, 1.165) is 25.7 Å². The van der Waals surface area contributed by atoms with Crippen molar-refractivity contribution in [1.82, 2.24) is 0 Å². The highest BCUT2D eigenvalue weighted by Gasteiger charge is 2.16.